The minimum Gasteiger partial charge on any atom is -0.398 e. The fourth-order valence-electron chi connectivity index (χ4n) is 2.91. The molecule has 0 spiro atoms. The van der Waals surface area contributed by atoms with Crippen molar-refractivity contribution in [3.8, 4) is 11.3 Å². The van der Waals surface area contributed by atoms with E-state index in [-0.39, 0.29) is 17.3 Å². The van der Waals surface area contributed by atoms with E-state index in [2.05, 4.69) is 10.3 Å². The van der Waals surface area contributed by atoms with Crippen molar-refractivity contribution in [3.05, 3.63) is 52.9 Å². The summed E-state index contributed by atoms with van der Waals surface area (Å²) in [6.45, 7) is 0. The van der Waals surface area contributed by atoms with Gasteiger partial charge in [-0.2, -0.15) is 0 Å². The molecule has 0 saturated heterocycles. The third-order valence-electron chi connectivity index (χ3n) is 4.49. The zero-order chi connectivity index (χ0) is 17.6. The van der Waals surface area contributed by atoms with Crippen molar-refractivity contribution >= 4 is 28.2 Å². The molecule has 3 aromatic rings. The van der Waals surface area contributed by atoms with E-state index in [1.165, 1.54) is 6.07 Å². The lowest BCUT2D eigenvalue weighted by Crippen LogP contribution is -2.14. The fraction of sp³-hybridized carbons (Fsp3) is 0.211. The first kappa shape index (κ1) is 15.4. The van der Waals surface area contributed by atoms with E-state index in [9.17, 15) is 9.59 Å². The van der Waals surface area contributed by atoms with Gasteiger partial charge in [0, 0.05) is 54.1 Å². The number of carbonyl (C=O) groups is 1. The molecule has 4 rings (SSSR count). The number of aryl methyl sites for hydroxylation is 1. The van der Waals surface area contributed by atoms with Crippen molar-refractivity contribution in [1.82, 2.24) is 9.55 Å². The number of fused-ring (bicyclic) bond motifs is 1. The number of hydrogen-bond acceptors (Lipinski definition) is 4. The van der Waals surface area contributed by atoms with E-state index in [1.54, 1.807) is 18.5 Å². The van der Waals surface area contributed by atoms with Gasteiger partial charge in [0.05, 0.1) is 5.69 Å². The third kappa shape index (κ3) is 2.98. The van der Waals surface area contributed by atoms with Crippen LogP contribution in [0.25, 0.3) is 22.0 Å². The number of amides is 1. The number of hydrogen-bond donors (Lipinski definition) is 2. The Balaban J connectivity index is 1.79. The maximum absolute atomic E-state index is 11.9. The predicted molar refractivity (Wildman–Crippen MR) is 98.2 cm³/mol. The highest BCUT2D eigenvalue weighted by atomic mass is 16.2. The number of nitrogens with one attached hydrogen (secondary N) is 1. The van der Waals surface area contributed by atoms with Crippen LogP contribution in [0.2, 0.25) is 0 Å². The number of nitrogens with zero attached hydrogens (tertiary/aromatic N) is 2. The van der Waals surface area contributed by atoms with Crippen LogP contribution < -0.4 is 16.5 Å². The highest BCUT2D eigenvalue weighted by Crippen LogP contribution is 2.32. The Kier molecular flexibility index (Phi) is 3.53. The molecule has 3 N–H and O–H groups in total. The van der Waals surface area contributed by atoms with Crippen LogP contribution in [-0.2, 0) is 11.8 Å². The molecule has 126 valence electrons. The summed E-state index contributed by atoms with van der Waals surface area (Å²) in [4.78, 5) is 27.9. The maximum Gasteiger partial charge on any atom is 0.228 e. The van der Waals surface area contributed by atoms with Crippen LogP contribution in [0.5, 0.6) is 0 Å². The summed E-state index contributed by atoms with van der Waals surface area (Å²) in [5.74, 6) is 0.650. The van der Waals surface area contributed by atoms with E-state index in [0.29, 0.717) is 11.5 Å². The molecule has 0 unspecified atom stereocenters. The van der Waals surface area contributed by atoms with Gasteiger partial charge >= 0.3 is 0 Å². The van der Waals surface area contributed by atoms with Gasteiger partial charge in [0.1, 0.15) is 5.82 Å². The van der Waals surface area contributed by atoms with Crippen LogP contribution in [0.1, 0.15) is 12.8 Å². The first-order valence-corrected chi connectivity index (χ1v) is 8.18. The maximum atomic E-state index is 11.9. The molecule has 0 radical (unpaired) electrons. The number of nitrogen functional groups attached to an aromatic ring is 1. The Morgan fingerprint density at radius 1 is 1.28 bits per heavy atom. The summed E-state index contributed by atoms with van der Waals surface area (Å²) in [5.41, 5.74) is 8.32. The lowest BCUT2D eigenvalue weighted by molar-refractivity contribution is -0.117. The Bertz CT molecular complexity index is 1050. The Hall–Kier alpha value is -3.15. The molecule has 1 fully saturated rings. The highest BCUT2D eigenvalue weighted by molar-refractivity contribution is 5.99. The topological polar surface area (TPSA) is 90.0 Å². The molecule has 0 aliphatic heterocycles. The van der Waals surface area contributed by atoms with E-state index in [0.717, 1.165) is 34.9 Å². The number of anilines is 2. The average Bonchev–Trinajstić information content (AvgIpc) is 3.41. The van der Waals surface area contributed by atoms with Gasteiger partial charge < -0.3 is 15.6 Å². The quantitative estimate of drug-likeness (QED) is 0.720. The van der Waals surface area contributed by atoms with Gasteiger partial charge in [0.2, 0.25) is 5.91 Å². The summed E-state index contributed by atoms with van der Waals surface area (Å²) in [7, 11) is 1.88. The largest absolute Gasteiger partial charge is 0.398 e. The molecule has 25 heavy (non-hydrogen) atoms. The summed E-state index contributed by atoms with van der Waals surface area (Å²) < 4.78 is 1.87. The Morgan fingerprint density at radius 2 is 2.08 bits per heavy atom. The summed E-state index contributed by atoms with van der Waals surface area (Å²) in [6, 6.07) is 8.70. The van der Waals surface area contributed by atoms with Crippen LogP contribution in [0, 0.1) is 5.92 Å². The second-order valence-electron chi connectivity index (χ2n) is 6.48. The van der Waals surface area contributed by atoms with Gasteiger partial charge in [-0.1, -0.05) is 0 Å². The summed E-state index contributed by atoms with van der Waals surface area (Å²) in [6.07, 6.45) is 5.28. The van der Waals surface area contributed by atoms with Crippen LogP contribution in [0.3, 0.4) is 0 Å². The zero-order valence-corrected chi connectivity index (χ0v) is 13.8. The normalized spacial score (nSPS) is 13.8. The number of pyridine rings is 2. The van der Waals surface area contributed by atoms with E-state index >= 15 is 0 Å². The molecule has 6 nitrogen and oxygen atoms in total. The monoisotopic (exact) mass is 334 g/mol. The van der Waals surface area contributed by atoms with Crippen LogP contribution in [0.4, 0.5) is 11.5 Å². The molecule has 1 saturated carbocycles. The van der Waals surface area contributed by atoms with Crippen molar-refractivity contribution in [3.63, 3.8) is 0 Å². The minimum atomic E-state index is -0.0566. The van der Waals surface area contributed by atoms with Gasteiger partial charge in [-0.05, 0) is 36.4 Å². The smallest absolute Gasteiger partial charge is 0.228 e. The lowest BCUT2D eigenvalue weighted by Gasteiger charge is -2.12. The fourth-order valence-corrected chi connectivity index (χ4v) is 2.91. The standard InChI is InChI=1S/C19H18N4O2/c1-23-5-4-14(24)9-17(23)13-6-12-8-18(22-19(25)11-2-3-11)21-10-15(12)16(20)7-13/h4-11H,2-3,20H2,1H3,(H,21,22,25). The van der Waals surface area contributed by atoms with Crippen molar-refractivity contribution < 1.29 is 4.79 Å². The molecule has 0 bridgehead atoms. The first-order chi connectivity index (χ1) is 12.0. The Labute approximate surface area is 144 Å². The lowest BCUT2D eigenvalue weighted by atomic mass is 10.0. The van der Waals surface area contributed by atoms with Crippen molar-refractivity contribution in [1.29, 1.82) is 0 Å². The number of nitrogens with two attached hydrogens (primary N) is 1. The van der Waals surface area contributed by atoms with Crippen LogP contribution in [-0.4, -0.2) is 15.5 Å². The second-order valence-corrected chi connectivity index (χ2v) is 6.48. The molecule has 1 aromatic carbocycles. The number of carbonyl (C=O) groups excluding carboxylic acids is 1. The van der Waals surface area contributed by atoms with Crippen molar-refractivity contribution in [2.24, 2.45) is 13.0 Å². The molecule has 0 atom stereocenters. The van der Waals surface area contributed by atoms with E-state index in [1.807, 2.05) is 29.8 Å². The van der Waals surface area contributed by atoms with Crippen molar-refractivity contribution in [2.75, 3.05) is 11.1 Å². The van der Waals surface area contributed by atoms with Gasteiger partial charge in [-0.15, -0.1) is 0 Å². The molecule has 1 aliphatic carbocycles. The summed E-state index contributed by atoms with van der Waals surface area (Å²) >= 11 is 0. The van der Waals surface area contributed by atoms with Crippen molar-refractivity contribution in [2.45, 2.75) is 12.8 Å². The van der Waals surface area contributed by atoms with Gasteiger partial charge in [0.25, 0.3) is 0 Å². The Morgan fingerprint density at radius 3 is 2.84 bits per heavy atom. The first-order valence-electron chi connectivity index (χ1n) is 8.18. The second kappa shape index (κ2) is 5.73. The van der Waals surface area contributed by atoms with Crippen LogP contribution >= 0.6 is 0 Å². The summed E-state index contributed by atoms with van der Waals surface area (Å²) in [5, 5.41) is 4.53. The molecule has 6 heteroatoms. The molecule has 1 aliphatic rings. The molecule has 2 heterocycles. The SMILES string of the molecule is Cn1ccc(=O)cc1-c1cc(N)c2cnc(NC(=O)C3CC3)cc2c1. The van der Waals surface area contributed by atoms with Gasteiger partial charge in [-0.3, -0.25) is 9.59 Å². The minimum absolute atomic E-state index is 0.0152. The average molecular weight is 334 g/mol. The predicted octanol–water partition coefficient (Wildman–Crippen LogP) is 2.53. The highest BCUT2D eigenvalue weighted by Gasteiger charge is 2.29. The molecular weight excluding hydrogens is 316 g/mol. The van der Waals surface area contributed by atoms with Gasteiger partial charge in [-0.25, -0.2) is 4.98 Å². The molecule has 1 amide bonds. The van der Waals surface area contributed by atoms with E-state index < -0.39 is 0 Å². The number of benzene rings is 1. The molecular formula is C19H18N4O2. The zero-order valence-electron chi connectivity index (χ0n) is 13.8. The number of aromatic nitrogens is 2. The van der Waals surface area contributed by atoms with E-state index in [4.69, 9.17) is 5.73 Å². The van der Waals surface area contributed by atoms with Gasteiger partial charge in [0.15, 0.2) is 5.43 Å². The molecule has 2 aromatic heterocycles. The van der Waals surface area contributed by atoms with Crippen LogP contribution in [0.15, 0.2) is 47.5 Å². The number of rotatable bonds is 3. The third-order valence-corrected chi connectivity index (χ3v) is 4.49.